The summed E-state index contributed by atoms with van der Waals surface area (Å²) >= 11 is 0. The highest BCUT2D eigenvalue weighted by atomic mass is 19.1. The van der Waals surface area contributed by atoms with Crippen LogP contribution in [0.3, 0.4) is 0 Å². The molecule has 0 radical (unpaired) electrons. The first-order valence-electron chi connectivity index (χ1n) is 5.79. The number of benzene rings is 1. The molecule has 18 heavy (non-hydrogen) atoms. The Morgan fingerprint density at radius 1 is 1.22 bits per heavy atom. The molecule has 1 aromatic carbocycles. The molecule has 3 nitrogen and oxygen atoms in total. The summed E-state index contributed by atoms with van der Waals surface area (Å²) in [5, 5.41) is 3.04. The fraction of sp³-hybridized carbons (Fsp3) is 0.214. The number of hydrogen-bond acceptors (Lipinski definition) is 2. The quantitative estimate of drug-likeness (QED) is 0.894. The van der Waals surface area contributed by atoms with Crippen LogP contribution < -0.4 is 10.9 Å². The Balaban J connectivity index is 2.29. The number of halogens is 1. The van der Waals surface area contributed by atoms with E-state index < -0.39 is 0 Å². The molecule has 0 saturated heterocycles. The maximum Gasteiger partial charge on any atom is 0.250 e. The summed E-state index contributed by atoms with van der Waals surface area (Å²) < 4.78 is 15.3. The maximum atomic E-state index is 13.7. The van der Waals surface area contributed by atoms with Crippen molar-refractivity contribution in [1.29, 1.82) is 0 Å². The molecule has 2 rings (SSSR count). The van der Waals surface area contributed by atoms with E-state index in [1.807, 2.05) is 0 Å². The molecule has 0 aliphatic rings. The van der Waals surface area contributed by atoms with Gasteiger partial charge in [0.25, 0.3) is 5.56 Å². The molecule has 0 fully saturated rings. The van der Waals surface area contributed by atoms with Crippen molar-refractivity contribution in [2.45, 2.75) is 12.6 Å². The smallest absolute Gasteiger partial charge is 0.250 e. The Morgan fingerprint density at radius 2 is 1.94 bits per heavy atom. The molecule has 1 aromatic heterocycles. The summed E-state index contributed by atoms with van der Waals surface area (Å²) in [5.74, 6) is -0.263. The van der Waals surface area contributed by atoms with Gasteiger partial charge in [0.2, 0.25) is 0 Å². The molecule has 94 valence electrons. The molecule has 0 aliphatic heterocycles. The summed E-state index contributed by atoms with van der Waals surface area (Å²) in [6.07, 6.45) is 1.70. The van der Waals surface area contributed by atoms with Gasteiger partial charge in [0.15, 0.2) is 0 Å². The van der Waals surface area contributed by atoms with Crippen LogP contribution in [0.1, 0.15) is 11.6 Å². The van der Waals surface area contributed by atoms with Gasteiger partial charge in [-0.25, -0.2) is 4.39 Å². The highest BCUT2D eigenvalue weighted by Gasteiger charge is 2.14. The largest absolute Gasteiger partial charge is 0.314 e. The average molecular weight is 246 g/mol. The van der Waals surface area contributed by atoms with Crippen LogP contribution in [0.5, 0.6) is 0 Å². The summed E-state index contributed by atoms with van der Waals surface area (Å²) in [5.41, 5.74) is 0.477. The Hall–Kier alpha value is -1.94. The van der Waals surface area contributed by atoms with Gasteiger partial charge < -0.3 is 9.88 Å². The van der Waals surface area contributed by atoms with Gasteiger partial charge in [0.05, 0.1) is 6.04 Å². The van der Waals surface area contributed by atoms with Crippen LogP contribution in [0.15, 0.2) is 53.5 Å². The van der Waals surface area contributed by atoms with Crippen LogP contribution in [0, 0.1) is 5.82 Å². The van der Waals surface area contributed by atoms with Crippen LogP contribution in [0.4, 0.5) is 4.39 Å². The van der Waals surface area contributed by atoms with E-state index >= 15 is 0 Å². The first-order valence-corrected chi connectivity index (χ1v) is 5.79. The van der Waals surface area contributed by atoms with Gasteiger partial charge in [-0.2, -0.15) is 0 Å². The van der Waals surface area contributed by atoms with Crippen LogP contribution in [0.2, 0.25) is 0 Å². The van der Waals surface area contributed by atoms with Crippen LogP contribution >= 0.6 is 0 Å². The number of aromatic nitrogens is 1. The van der Waals surface area contributed by atoms with Crippen molar-refractivity contribution >= 4 is 0 Å². The number of nitrogens with zero attached hydrogens (tertiary/aromatic N) is 1. The summed E-state index contributed by atoms with van der Waals surface area (Å²) in [6, 6.07) is 11.3. The average Bonchev–Trinajstić information content (AvgIpc) is 2.39. The van der Waals surface area contributed by atoms with Crippen molar-refractivity contribution < 1.29 is 4.39 Å². The van der Waals surface area contributed by atoms with E-state index in [0.717, 1.165) is 0 Å². The zero-order valence-corrected chi connectivity index (χ0v) is 10.1. The molecule has 1 N–H and O–H groups in total. The van der Waals surface area contributed by atoms with E-state index in [9.17, 15) is 9.18 Å². The highest BCUT2D eigenvalue weighted by Crippen LogP contribution is 2.17. The van der Waals surface area contributed by atoms with E-state index in [2.05, 4.69) is 5.32 Å². The molecule has 2 aromatic rings. The normalized spacial score (nSPS) is 12.3. The van der Waals surface area contributed by atoms with Gasteiger partial charge >= 0.3 is 0 Å². The zero-order valence-electron chi connectivity index (χ0n) is 10.1. The first-order chi connectivity index (χ1) is 8.72. The minimum absolute atomic E-state index is 0.0888. The van der Waals surface area contributed by atoms with Crippen LogP contribution in [-0.4, -0.2) is 11.6 Å². The van der Waals surface area contributed by atoms with E-state index in [-0.39, 0.29) is 17.4 Å². The number of nitrogens with one attached hydrogen (secondary N) is 1. The minimum atomic E-state index is -0.263. The van der Waals surface area contributed by atoms with Gasteiger partial charge in [-0.15, -0.1) is 0 Å². The molecular weight excluding hydrogens is 231 g/mol. The SMILES string of the molecule is CNC(Cn1ccccc1=O)c1ccccc1F. The topological polar surface area (TPSA) is 34.0 Å². The maximum absolute atomic E-state index is 13.7. The van der Waals surface area contributed by atoms with Gasteiger partial charge in [-0.05, 0) is 19.2 Å². The number of likely N-dealkylation sites (N-methyl/N-ethyl adjacent to an activating group) is 1. The zero-order chi connectivity index (χ0) is 13.0. The van der Waals surface area contributed by atoms with E-state index in [4.69, 9.17) is 0 Å². The molecular formula is C14H15FN2O. The lowest BCUT2D eigenvalue weighted by Crippen LogP contribution is -2.28. The predicted molar refractivity (Wildman–Crippen MR) is 68.9 cm³/mol. The van der Waals surface area contributed by atoms with Gasteiger partial charge in [-0.1, -0.05) is 24.3 Å². The molecule has 0 bridgehead atoms. The molecule has 0 aliphatic carbocycles. The van der Waals surface area contributed by atoms with Crippen molar-refractivity contribution in [1.82, 2.24) is 9.88 Å². The van der Waals surface area contributed by atoms with Crippen LogP contribution in [0.25, 0.3) is 0 Å². The lowest BCUT2D eigenvalue weighted by Gasteiger charge is -2.18. The second kappa shape index (κ2) is 5.60. The Kier molecular flexibility index (Phi) is 3.89. The molecule has 1 heterocycles. The number of rotatable bonds is 4. The second-order valence-corrected chi connectivity index (χ2v) is 4.05. The lowest BCUT2D eigenvalue weighted by molar-refractivity contribution is 0.467. The molecule has 1 unspecified atom stereocenters. The molecule has 0 spiro atoms. The monoisotopic (exact) mass is 246 g/mol. The Morgan fingerprint density at radius 3 is 2.61 bits per heavy atom. The molecule has 4 heteroatoms. The van der Waals surface area contributed by atoms with Crippen molar-refractivity contribution in [3.05, 3.63) is 70.4 Å². The number of pyridine rings is 1. The van der Waals surface area contributed by atoms with Gasteiger partial charge in [-0.3, -0.25) is 4.79 Å². The fourth-order valence-corrected chi connectivity index (χ4v) is 1.91. The number of hydrogen-bond donors (Lipinski definition) is 1. The van der Waals surface area contributed by atoms with Gasteiger partial charge in [0, 0.05) is 24.4 Å². The molecule has 0 amide bonds. The summed E-state index contributed by atoms with van der Waals surface area (Å²) in [7, 11) is 1.76. The molecule has 1 atom stereocenters. The standard InChI is InChI=1S/C14H15FN2O/c1-16-13(11-6-2-3-7-12(11)15)10-17-9-5-4-8-14(17)18/h2-9,13,16H,10H2,1H3. The lowest BCUT2D eigenvalue weighted by atomic mass is 10.1. The van der Waals surface area contributed by atoms with E-state index in [1.54, 1.807) is 48.1 Å². The third kappa shape index (κ3) is 2.65. The first kappa shape index (κ1) is 12.5. The Bertz CT molecular complexity index is 580. The fourth-order valence-electron chi connectivity index (χ4n) is 1.91. The third-order valence-electron chi connectivity index (χ3n) is 2.91. The van der Waals surface area contributed by atoms with E-state index in [1.165, 1.54) is 12.1 Å². The van der Waals surface area contributed by atoms with Crippen molar-refractivity contribution in [3.8, 4) is 0 Å². The van der Waals surface area contributed by atoms with Crippen molar-refractivity contribution in [2.24, 2.45) is 0 Å². The van der Waals surface area contributed by atoms with Crippen molar-refractivity contribution in [3.63, 3.8) is 0 Å². The van der Waals surface area contributed by atoms with Gasteiger partial charge in [0.1, 0.15) is 5.82 Å². The minimum Gasteiger partial charge on any atom is -0.314 e. The summed E-state index contributed by atoms with van der Waals surface area (Å²) in [4.78, 5) is 11.6. The highest BCUT2D eigenvalue weighted by molar-refractivity contribution is 5.21. The summed E-state index contributed by atoms with van der Waals surface area (Å²) in [6.45, 7) is 0.400. The predicted octanol–water partition coefficient (Wildman–Crippen LogP) is 1.95. The van der Waals surface area contributed by atoms with Crippen LogP contribution in [-0.2, 0) is 6.54 Å². The third-order valence-corrected chi connectivity index (χ3v) is 2.91. The van der Waals surface area contributed by atoms with Crippen molar-refractivity contribution in [2.75, 3.05) is 7.05 Å². The second-order valence-electron chi connectivity index (χ2n) is 4.05. The Labute approximate surface area is 105 Å². The van der Waals surface area contributed by atoms with E-state index in [0.29, 0.717) is 12.1 Å². The molecule has 0 saturated carbocycles.